The Bertz CT molecular complexity index is 570. The molecule has 19 heavy (non-hydrogen) atoms. The summed E-state index contributed by atoms with van der Waals surface area (Å²) in [5.41, 5.74) is 7.11. The summed E-state index contributed by atoms with van der Waals surface area (Å²) in [5, 5.41) is 0. The largest absolute Gasteiger partial charge is 0.396 e. The predicted octanol–water partition coefficient (Wildman–Crippen LogP) is 2.54. The van der Waals surface area contributed by atoms with Crippen molar-refractivity contribution in [2.24, 2.45) is 0 Å². The lowest BCUT2D eigenvalue weighted by molar-refractivity contribution is 0.617. The second-order valence-corrected chi connectivity index (χ2v) is 4.72. The molecule has 2 aromatic rings. The van der Waals surface area contributed by atoms with Crippen molar-refractivity contribution in [3.05, 3.63) is 48.0 Å². The fourth-order valence-electron chi connectivity index (χ4n) is 2.55. The van der Waals surface area contributed by atoms with Gasteiger partial charge in [0.1, 0.15) is 5.82 Å². The summed E-state index contributed by atoms with van der Waals surface area (Å²) in [4.78, 5) is 10.6. The molecule has 1 aliphatic heterocycles. The van der Waals surface area contributed by atoms with E-state index in [1.165, 1.54) is 6.07 Å². The summed E-state index contributed by atoms with van der Waals surface area (Å²) < 4.78 is 13.3. The molecule has 1 atom stereocenters. The quantitative estimate of drug-likeness (QED) is 0.899. The van der Waals surface area contributed by atoms with E-state index in [1.54, 1.807) is 24.5 Å². The second kappa shape index (κ2) is 4.84. The number of nitrogen functional groups attached to an aromatic ring is 1. The van der Waals surface area contributed by atoms with E-state index < -0.39 is 0 Å². The summed E-state index contributed by atoms with van der Waals surface area (Å²) in [6.45, 7) is 0.880. The third kappa shape index (κ3) is 2.36. The smallest absolute Gasteiger partial charge is 0.225 e. The number of hydrogen-bond acceptors (Lipinski definition) is 4. The van der Waals surface area contributed by atoms with E-state index in [9.17, 15) is 4.39 Å². The van der Waals surface area contributed by atoms with Crippen LogP contribution in [0.3, 0.4) is 0 Å². The van der Waals surface area contributed by atoms with Crippen molar-refractivity contribution in [1.29, 1.82) is 0 Å². The van der Waals surface area contributed by atoms with Crippen LogP contribution in [0.1, 0.15) is 24.4 Å². The highest BCUT2D eigenvalue weighted by Crippen LogP contribution is 2.34. The Hall–Kier alpha value is -2.17. The number of rotatable bonds is 2. The van der Waals surface area contributed by atoms with Crippen molar-refractivity contribution in [3.8, 4) is 0 Å². The van der Waals surface area contributed by atoms with Gasteiger partial charge in [0.2, 0.25) is 5.95 Å². The summed E-state index contributed by atoms with van der Waals surface area (Å²) in [6.07, 6.45) is 5.23. The first-order chi connectivity index (χ1) is 9.24. The zero-order valence-electron chi connectivity index (χ0n) is 10.5. The van der Waals surface area contributed by atoms with Gasteiger partial charge in [-0.05, 0) is 30.5 Å². The number of aromatic nitrogens is 2. The van der Waals surface area contributed by atoms with Crippen LogP contribution in [0, 0.1) is 5.82 Å². The first-order valence-corrected chi connectivity index (χ1v) is 6.33. The minimum atomic E-state index is -0.206. The van der Waals surface area contributed by atoms with E-state index in [-0.39, 0.29) is 11.9 Å². The molecule has 98 valence electrons. The molecular formula is C14H15FN4. The van der Waals surface area contributed by atoms with Gasteiger partial charge in [-0.25, -0.2) is 14.4 Å². The number of benzene rings is 1. The highest BCUT2D eigenvalue weighted by molar-refractivity contribution is 5.42. The van der Waals surface area contributed by atoms with Crippen molar-refractivity contribution in [1.82, 2.24) is 9.97 Å². The normalized spacial score (nSPS) is 18.8. The van der Waals surface area contributed by atoms with Crippen LogP contribution in [0.5, 0.6) is 0 Å². The zero-order chi connectivity index (χ0) is 13.2. The van der Waals surface area contributed by atoms with Gasteiger partial charge in [-0.3, -0.25) is 0 Å². The molecule has 0 radical (unpaired) electrons. The van der Waals surface area contributed by atoms with Crippen LogP contribution in [-0.4, -0.2) is 16.5 Å². The van der Waals surface area contributed by atoms with Crippen molar-refractivity contribution in [2.75, 3.05) is 17.2 Å². The van der Waals surface area contributed by atoms with Gasteiger partial charge in [-0.15, -0.1) is 0 Å². The van der Waals surface area contributed by atoms with Crippen LogP contribution in [0.25, 0.3) is 0 Å². The monoisotopic (exact) mass is 258 g/mol. The lowest BCUT2D eigenvalue weighted by Crippen LogP contribution is -2.24. The first-order valence-electron chi connectivity index (χ1n) is 6.33. The van der Waals surface area contributed by atoms with Crippen LogP contribution in [0.15, 0.2) is 36.7 Å². The van der Waals surface area contributed by atoms with Crippen molar-refractivity contribution < 1.29 is 4.39 Å². The van der Waals surface area contributed by atoms with E-state index in [2.05, 4.69) is 14.9 Å². The molecule has 1 aromatic carbocycles. The van der Waals surface area contributed by atoms with Crippen molar-refractivity contribution in [2.45, 2.75) is 18.9 Å². The van der Waals surface area contributed by atoms with Crippen LogP contribution < -0.4 is 10.6 Å². The number of nitrogens with two attached hydrogens (primary N) is 1. The van der Waals surface area contributed by atoms with Gasteiger partial charge in [-0.2, -0.15) is 0 Å². The van der Waals surface area contributed by atoms with Gasteiger partial charge in [0.05, 0.1) is 24.1 Å². The molecule has 2 heterocycles. The van der Waals surface area contributed by atoms with Gasteiger partial charge in [0.15, 0.2) is 0 Å². The van der Waals surface area contributed by atoms with Crippen LogP contribution >= 0.6 is 0 Å². The molecule has 1 saturated heterocycles. The molecule has 1 unspecified atom stereocenters. The Morgan fingerprint density at radius 2 is 2.05 bits per heavy atom. The van der Waals surface area contributed by atoms with Crippen molar-refractivity contribution in [3.63, 3.8) is 0 Å². The van der Waals surface area contributed by atoms with Gasteiger partial charge >= 0.3 is 0 Å². The summed E-state index contributed by atoms with van der Waals surface area (Å²) in [6, 6.07) is 6.87. The Labute approximate surface area is 111 Å². The number of hydrogen-bond donors (Lipinski definition) is 1. The maximum absolute atomic E-state index is 13.3. The van der Waals surface area contributed by atoms with Gasteiger partial charge in [-0.1, -0.05) is 12.1 Å². The highest BCUT2D eigenvalue weighted by atomic mass is 19.1. The minimum Gasteiger partial charge on any atom is -0.396 e. The molecule has 0 bridgehead atoms. The Balaban J connectivity index is 1.91. The molecule has 0 aliphatic carbocycles. The Morgan fingerprint density at radius 3 is 2.79 bits per heavy atom. The molecule has 4 nitrogen and oxygen atoms in total. The zero-order valence-corrected chi connectivity index (χ0v) is 10.5. The lowest BCUT2D eigenvalue weighted by atomic mass is 10.0. The van der Waals surface area contributed by atoms with E-state index in [1.807, 2.05) is 6.07 Å². The third-order valence-electron chi connectivity index (χ3n) is 3.40. The number of nitrogens with zero attached hydrogens (tertiary/aromatic N) is 3. The molecule has 2 N–H and O–H groups in total. The Morgan fingerprint density at radius 1 is 1.26 bits per heavy atom. The second-order valence-electron chi connectivity index (χ2n) is 4.72. The minimum absolute atomic E-state index is 0.138. The van der Waals surface area contributed by atoms with Gasteiger partial charge in [0.25, 0.3) is 0 Å². The first kappa shape index (κ1) is 11.9. The van der Waals surface area contributed by atoms with Crippen molar-refractivity contribution >= 4 is 11.6 Å². The fourth-order valence-corrected chi connectivity index (χ4v) is 2.55. The van der Waals surface area contributed by atoms with E-state index >= 15 is 0 Å². The summed E-state index contributed by atoms with van der Waals surface area (Å²) in [5.74, 6) is 0.448. The van der Waals surface area contributed by atoms with Gasteiger partial charge < -0.3 is 10.6 Å². The molecule has 3 rings (SSSR count). The molecule has 1 aliphatic rings. The average Bonchev–Trinajstić information content (AvgIpc) is 2.89. The molecule has 1 fully saturated rings. The lowest BCUT2D eigenvalue weighted by Gasteiger charge is -2.24. The third-order valence-corrected chi connectivity index (χ3v) is 3.40. The average molecular weight is 258 g/mol. The molecule has 0 spiro atoms. The summed E-state index contributed by atoms with van der Waals surface area (Å²) in [7, 11) is 0. The maximum atomic E-state index is 13.3. The highest BCUT2D eigenvalue weighted by Gasteiger charge is 2.28. The number of anilines is 2. The molecule has 1 aromatic heterocycles. The SMILES string of the molecule is Nc1cnc(N2CCCC2c2cccc(F)c2)nc1. The standard InChI is InChI=1S/C14H15FN4/c15-11-4-1-3-10(7-11)13-5-2-6-19(13)14-17-8-12(16)9-18-14/h1,3-4,7-9,13H,2,5-6,16H2. The molecule has 5 heteroatoms. The molecular weight excluding hydrogens is 243 g/mol. The fraction of sp³-hybridized carbons (Fsp3) is 0.286. The molecule has 0 saturated carbocycles. The van der Waals surface area contributed by atoms with Crippen LogP contribution in [0.4, 0.5) is 16.0 Å². The summed E-state index contributed by atoms with van der Waals surface area (Å²) >= 11 is 0. The number of halogens is 1. The van der Waals surface area contributed by atoms with Gasteiger partial charge in [0, 0.05) is 6.54 Å². The Kier molecular flexibility index (Phi) is 3.03. The topological polar surface area (TPSA) is 55.0 Å². The van der Waals surface area contributed by atoms with Crippen LogP contribution in [-0.2, 0) is 0 Å². The van der Waals surface area contributed by atoms with E-state index in [0.29, 0.717) is 11.6 Å². The maximum Gasteiger partial charge on any atom is 0.225 e. The van der Waals surface area contributed by atoms with E-state index in [0.717, 1.165) is 24.9 Å². The van der Waals surface area contributed by atoms with E-state index in [4.69, 9.17) is 5.73 Å². The predicted molar refractivity (Wildman–Crippen MR) is 72.2 cm³/mol. The van der Waals surface area contributed by atoms with Crippen LogP contribution in [0.2, 0.25) is 0 Å². The molecule has 0 amide bonds.